The number of hydrogen-bond donors (Lipinski definition) is 0. The molecule has 0 saturated carbocycles. The van der Waals surface area contributed by atoms with Crippen LogP contribution in [0, 0.1) is 6.92 Å². The minimum atomic E-state index is -0.0507. The summed E-state index contributed by atoms with van der Waals surface area (Å²) in [6.07, 6.45) is 5.10. The summed E-state index contributed by atoms with van der Waals surface area (Å²) in [6, 6.07) is 12.4. The molecule has 0 N–H and O–H groups in total. The van der Waals surface area contributed by atoms with E-state index < -0.39 is 0 Å². The first-order valence-corrected chi connectivity index (χ1v) is 9.97. The van der Waals surface area contributed by atoms with E-state index in [9.17, 15) is 4.79 Å². The Morgan fingerprint density at radius 2 is 2.11 bits per heavy atom. The van der Waals surface area contributed by atoms with Crippen molar-refractivity contribution in [3.63, 3.8) is 0 Å². The highest BCUT2D eigenvalue weighted by Crippen LogP contribution is 2.43. The summed E-state index contributed by atoms with van der Waals surface area (Å²) in [5.41, 5.74) is 5.84. The highest BCUT2D eigenvalue weighted by atomic mass is 35.5. The van der Waals surface area contributed by atoms with Crippen LogP contribution in [0.25, 0.3) is 11.1 Å². The van der Waals surface area contributed by atoms with Crippen LogP contribution in [0.1, 0.15) is 27.5 Å². The maximum absolute atomic E-state index is 12.3. The fourth-order valence-electron chi connectivity index (χ4n) is 3.74. The lowest BCUT2D eigenvalue weighted by atomic mass is 9.83. The number of fused-ring (bicyclic) bond motifs is 1. The first-order valence-electron chi connectivity index (χ1n) is 8.78. The summed E-state index contributed by atoms with van der Waals surface area (Å²) in [5, 5.41) is 0. The number of benzene rings is 1. The van der Waals surface area contributed by atoms with Crippen LogP contribution in [-0.2, 0) is 11.3 Å². The highest BCUT2D eigenvalue weighted by Gasteiger charge is 2.31. The molecule has 0 fully saturated rings. The van der Waals surface area contributed by atoms with E-state index in [-0.39, 0.29) is 11.8 Å². The molecule has 0 bridgehead atoms. The number of aryl methyl sites for hydroxylation is 1. The van der Waals surface area contributed by atoms with Gasteiger partial charge >= 0.3 is 0 Å². The van der Waals surface area contributed by atoms with Crippen molar-refractivity contribution in [2.45, 2.75) is 19.4 Å². The first-order chi connectivity index (χ1) is 13.1. The molecule has 0 saturated heterocycles. The fraction of sp³-hybridized carbons (Fsp3) is 0.182. The molecule has 2 aromatic heterocycles. The zero-order chi connectivity index (χ0) is 19.0. The van der Waals surface area contributed by atoms with Gasteiger partial charge in [0, 0.05) is 35.3 Å². The molecule has 27 heavy (non-hydrogen) atoms. The SMILES string of the molecule is C=CC(=O)N1Cc2sc(Cl)cc2[C@H](c2ccccc2-c2cnccc2C)C1. The Morgan fingerprint density at radius 3 is 2.89 bits per heavy atom. The summed E-state index contributed by atoms with van der Waals surface area (Å²) in [4.78, 5) is 19.6. The predicted molar refractivity (Wildman–Crippen MR) is 111 cm³/mol. The van der Waals surface area contributed by atoms with Crippen molar-refractivity contribution < 1.29 is 4.79 Å². The number of carbonyl (C=O) groups excluding carboxylic acids is 1. The second kappa shape index (κ2) is 7.29. The number of thiophene rings is 1. The van der Waals surface area contributed by atoms with Crippen LogP contribution >= 0.6 is 22.9 Å². The van der Waals surface area contributed by atoms with Crippen LogP contribution in [0.2, 0.25) is 4.34 Å². The lowest BCUT2D eigenvalue weighted by Crippen LogP contribution is -2.37. The van der Waals surface area contributed by atoms with Crippen molar-refractivity contribution >= 4 is 28.8 Å². The Hall–Kier alpha value is -2.43. The number of halogens is 1. The van der Waals surface area contributed by atoms with E-state index in [1.165, 1.54) is 22.8 Å². The Bertz CT molecular complexity index is 1030. The van der Waals surface area contributed by atoms with Gasteiger partial charge < -0.3 is 4.90 Å². The van der Waals surface area contributed by atoms with Crippen molar-refractivity contribution in [1.29, 1.82) is 0 Å². The summed E-state index contributed by atoms with van der Waals surface area (Å²) in [6.45, 7) is 6.94. The molecular formula is C22H19ClN2OS. The molecule has 3 aromatic rings. The third kappa shape index (κ3) is 3.31. The molecular weight excluding hydrogens is 376 g/mol. The first kappa shape index (κ1) is 18.0. The Morgan fingerprint density at radius 1 is 1.30 bits per heavy atom. The monoisotopic (exact) mass is 394 g/mol. The number of aromatic nitrogens is 1. The molecule has 3 heterocycles. The number of carbonyl (C=O) groups is 1. The Kier molecular flexibility index (Phi) is 4.85. The smallest absolute Gasteiger partial charge is 0.246 e. The number of pyridine rings is 1. The molecule has 4 rings (SSSR count). The van der Waals surface area contributed by atoms with Crippen LogP contribution in [0.15, 0.2) is 61.4 Å². The van der Waals surface area contributed by atoms with E-state index in [1.54, 1.807) is 11.3 Å². The molecule has 1 atom stereocenters. The van der Waals surface area contributed by atoms with Gasteiger partial charge in [0.05, 0.1) is 10.9 Å². The summed E-state index contributed by atoms with van der Waals surface area (Å²) in [5.74, 6) is 0.0161. The van der Waals surface area contributed by atoms with Crippen LogP contribution in [0.4, 0.5) is 0 Å². The fourth-order valence-corrected chi connectivity index (χ4v) is 5.10. The minimum absolute atomic E-state index is 0.0507. The molecule has 0 aliphatic carbocycles. The number of rotatable bonds is 3. The summed E-state index contributed by atoms with van der Waals surface area (Å²) in [7, 11) is 0. The molecule has 0 unspecified atom stereocenters. The second-order valence-electron chi connectivity index (χ2n) is 6.68. The van der Waals surface area contributed by atoms with Crippen LogP contribution in [-0.4, -0.2) is 22.3 Å². The van der Waals surface area contributed by atoms with E-state index in [4.69, 9.17) is 11.6 Å². The standard InChI is InChI=1S/C22H19ClN2OS/c1-3-22(26)25-12-19(17-10-21(23)27-20(17)13-25)16-7-5-4-6-15(16)18-11-24-9-8-14(18)2/h3-11,19H,1,12-13H2,2H3/t19-/m0/s1. The minimum Gasteiger partial charge on any atom is -0.333 e. The van der Waals surface area contributed by atoms with Gasteiger partial charge in [0.15, 0.2) is 0 Å². The van der Waals surface area contributed by atoms with Crippen molar-refractivity contribution in [3.05, 3.63) is 87.4 Å². The second-order valence-corrected chi connectivity index (χ2v) is 8.45. The third-order valence-electron chi connectivity index (χ3n) is 5.08. The van der Waals surface area contributed by atoms with Crippen molar-refractivity contribution in [1.82, 2.24) is 9.88 Å². The molecule has 5 heteroatoms. The molecule has 1 aliphatic rings. The maximum Gasteiger partial charge on any atom is 0.246 e. The lowest BCUT2D eigenvalue weighted by Gasteiger charge is -2.33. The molecule has 136 valence electrons. The summed E-state index contributed by atoms with van der Waals surface area (Å²) < 4.78 is 0.757. The lowest BCUT2D eigenvalue weighted by molar-refractivity contribution is -0.127. The van der Waals surface area contributed by atoms with Gasteiger partial charge in [-0.05, 0) is 47.4 Å². The van der Waals surface area contributed by atoms with Crippen molar-refractivity contribution in [3.8, 4) is 11.1 Å². The zero-order valence-corrected chi connectivity index (χ0v) is 16.6. The molecule has 1 aliphatic heterocycles. The van der Waals surface area contributed by atoms with Gasteiger partial charge in [-0.3, -0.25) is 9.78 Å². The van der Waals surface area contributed by atoms with E-state index >= 15 is 0 Å². The Balaban J connectivity index is 1.87. The van der Waals surface area contributed by atoms with Crippen molar-refractivity contribution in [2.24, 2.45) is 0 Å². The quantitative estimate of drug-likeness (QED) is 0.555. The van der Waals surface area contributed by atoms with Gasteiger partial charge in [-0.15, -0.1) is 11.3 Å². The average Bonchev–Trinajstić information content (AvgIpc) is 3.07. The number of amides is 1. The van der Waals surface area contributed by atoms with Gasteiger partial charge in [-0.1, -0.05) is 42.4 Å². The van der Waals surface area contributed by atoms with E-state index in [1.807, 2.05) is 35.5 Å². The largest absolute Gasteiger partial charge is 0.333 e. The Labute approximate surface area is 167 Å². The predicted octanol–water partition coefficient (Wildman–Crippen LogP) is 5.43. The summed E-state index contributed by atoms with van der Waals surface area (Å²) >= 11 is 7.88. The zero-order valence-electron chi connectivity index (χ0n) is 15.0. The van der Waals surface area contributed by atoms with E-state index in [0.29, 0.717) is 13.1 Å². The molecule has 1 aromatic carbocycles. The van der Waals surface area contributed by atoms with Crippen LogP contribution < -0.4 is 0 Å². The molecule has 3 nitrogen and oxygen atoms in total. The van der Waals surface area contributed by atoms with Gasteiger partial charge in [0.1, 0.15) is 0 Å². The number of hydrogen-bond acceptors (Lipinski definition) is 3. The molecule has 0 spiro atoms. The van der Waals surface area contributed by atoms with Crippen LogP contribution in [0.3, 0.4) is 0 Å². The normalized spacial score (nSPS) is 16.1. The molecule has 0 radical (unpaired) electrons. The molecule has 1 amide bonds. The maximum atomic E-state index is 12.3. The average molecular weight is 395 g/mol. The third-order valence-corrected chi connectivity index (χ3v) is 6.34. The van der Waals surface area contributed by atoms with E-state index in [0.717, 1.165) is 20.3 Å². The van der Waals surface area contributed by atoms with Gasteiger partial charge in [0.25, 0.3) is 0 Å². The number of nitrogens with zero attached hydrogens (tertiary/aromatic N) is 2. The topological polar surface area (TPSA) is 33.2 Å². The van der Waals surface area contributed by atoms with Gasteiger partial charge in [0.2, 0.25) is 5.91 Å². The van der Waals surface area contributed by atoms with Gasteiger partial charge in [-0.2, -0.15) is 0 Å². The van der Waals surface area contributed by atoms with Crippen molar-refractivity contribution in [2.75, 3.05) is 6.54 Å². The highest BCUT2D eigenvalue weighted by molar-refractivity contribution is 7.16. The van der Waals surface area contributed by atoms with Gasteiger partial charge in [-0.25, -0.2) is 0 Å². The van der Waals surface area contributed by atoms with E-state index in [2.05, 4.69) is 36.7 Å². The van der Waals surface area contributed by atoms with Crippen LogP contribution in [0.5, 0.6) is 0 Å².